The number of halogens is 1. The van der Waals surface area contributed by atoms with Crippen LogP contribution in [0.5, 0.6) is 5.75 Å². The molecular formula is C22H24ClN3O2S2. The lowest BCUT2D eigenvalue weighted by Crippen LogP contribution is -2.30. The Morgan fingerprint density at radius 2 is 1.90 bits per heavy atom. The predicted molar refractivity (Wildman–Crippen MR) is 125 cm³/mol. The Labute approximate surface area is 190 Å². The lowest BCUT2D eigenvalue weighted by Gasteiger charge is -2.18. The number of nitrogens with zero attached hydrogens (tertiary/aromatic N) is 2. The molecule has 30 heavy (non-hydrogen) atoms. The number of anilines is 1. The van der Waals surface area contributed by atoms with Crippen molar-refractivity contribution in [3.63, 3.8) is 0 Å². The van der Waals surface area contributed by atoms with Crippen LogP contribution in [0, 0.1) is 6.92 Å². The van der Waals surface area contributed by atoms with Gasteiger partial charge < -0.3 is 4.74 Å². The summed E-state index contributed by atoms with van der Waals surface area (Å²) in [7, 11) is 0. The molecule has 8 heteroatoms. The molecular weight excluding hydrogens is 438 g/mol. The lowest BCUT2D eigenvalue weighted by atomic mass is 10.0. The van der Waals surface area contributed by atoms with Crippen LogP contribution in [0.2, 0.25) is 5.02 Å². The highest BCUT2D eigenvalue weighted by molar-refractivity contribution is 8.00. The molecule has 5 nitrogen and oxygen atoms in total. The van der Waals surface area contributed by atoms with E-state index in [9.17, 15) is 4.79 Å². The Kier molecular flexibility index (Phi) is 7.75. The molecule has 1 heterocycles. The Bertz CT molecular complexity index is 1010. The summed E-state index contributed by atoms with van der Waals surface area (Å²) >= 11 is 8.82. The molecule has 0 spiro atoms. The number of hydrogen-bond donors (Lipinski definition) is 1. The number of carbonyl (C=O) groups excluding carboxylic acids is 1. The van der Waals surface area contributed by atoms with Gasteiger partial charge in [-0.2, -0.15) is 0 Å². The van der Waals surface area contributed by atoms with Crippen LogP contribution in [0.3, 0.4) is 0 Å². The molecule has 158 valence electrons. The Morgan fingerprint density at radius 1 is 1.17 bits per heavy atom. The summed E-state index contributed by atoms with van der Waals surface area (Å²) in [5, 5.41) is 12.2. The van der Waals surface area contributed by atoms with Crippen LogP contribution >= 0.6 is 34.7 Å². The van der Waals surface area contributed by atoms with Gasteiger partial charge in [0.25, 0.3) is 5.91 Å². The van der Waals surface area contributed by atoms with E-state index < -0.39 is 6.10 Å². The number of benzene rings is 2. The van der Waals surface area contributed by atoms with E-state index >= 15 is 0 Å². The molecule has 3 rings (SSSR count). The summed E-state index contributed by atoms with van der Waals surface area (Å²) in [6, 6.07) is 13.8. The van der Waals surface area contributed by atoms with Crippen LogP contribution < -0.4 is 10.1 Å². The van der Waals surface area contributed by atoms with Crippen molar-refractivity contribution >= 4 is 45.7 Å². The highest BCUT2D eigenvalue weighted by Gasteiger charge is 2.19. The second kappa shape index (κ2) is 10.3. The summed E-state index contributed by atoms with van der Waals surface area (Å²) in [4.78, 5) is 12.6. The zero-order valence-corrected chi connectivity index (χ0v) is 19.7. The molecule has 0 aliphatic heterocycles. The third-order valence-corrected chi connectivity index (χ3v) is 6.67. The fourth-order valence-electron chi connectivity index (χ4n) is 2.72. The van der Waals surface area contributed by atoms with Crippen LogP contribution in [0.4, 0.5) is 5.13 Å². The minimum Gasteiger partial charge on any atom is -0.481 e. The van der Waals surface area contributed by atoms with Crippen molar-refractivity contribution in [3.8, 4) is 5.75 Å². The maximum absolute atomic E-state index is 12.6. The first-order valence-corrected chi connectivity index (χ1v) is 11.8. The minimum atomic E-state index is -0.654. The third-order valence-electron chi connectivity index (χ3n) is 4.38. The van der Waals surface area contributed by atoms with Crippen LogP contribution in [0.1, 0.15) is 43.4 Å². The molecule has 1 N–H and O–H groups in total. The number of carbonyl (C=O) groups is 1. The first-order chi connectivity index (χ1) is 14.3. The maximum Gasteiger partial charge on any atom is 0.266 e. The molecule has 3 aromatic rings. The second-order valence-electron chi connectivity index (χ2n) is 7.23. The van der Waals surface area contributed by atoms with Crippen LogP contribution in [0.25, 0.3) is 0 Å². The lowest BCUT2D eigenvalue weighted by molar-refractivity contribution is -0.122. The smallest absolute Gasteiger partial charge is 0.266 e. The third kappa shape index (κ3) is 6.20. The SMILES string of the molecule is Cc1ccc(C(C)C)c(OC(C)C(=O)Nc2nnc(SCc3ccc(Cl)cc3)s2)c1. The minimum absolute atomic E-state index is 0.253. The number of amides is 1. The molecule has 1 aromatic heterocycles. The van der Waals surface area contributed by atoms with Crippen LogP contribution in [-0.2, 0) is 10.5 Å². The molecule has 0 aliphatic carbocycles. The molecule has 0 aliphatic rings. The van der Waals surface area contributed by atoms with Gasteiger partial charge in [-0.1, -0.05) is 72.8 Å². The van der Waals surface area contributed by atoms with Crippen LogP contribution in [0.15, 0.2) is 46.8 Å². The summed E-state index contributed by atoms with van der Waals surface area (Å²) in [6.07, 6.45) is -0.654. The fraction of sp³-hybridized carbons (Fsp3) is 0.318. The largest absolute Gasteiger partial charge is 0.481 e. The number of aryl methyl sites for hydroxylation is 1. The van der Waals surface area contributed by atoms with Crippen molar-refractivity contribution in [3.05, 3.63) is 64.2 Å². The van der Waals surface area contributed by atoms with Gasteiger partial charge in [-0.3, -0.25) is 10.1 Å². The van der Waals surface area contributed by atoms with Gasteiger partial charge in [0.2, 0.25) is 5.13 Å². The van der Waals surface area contributed by atoms with E-state index in [4.69, 9.17) is 16.3 Å². The average molecular weight is 462 g/mol. The summed E-state index contributed by atoms with van der Waals surface area (Å²) in [5.74, 6) is 1.55. The molecule has 1 amide bonds. The van der Waals surface area contributed by atoms with E-state index in [1.807, 2.05) is 37.3 Å². The van der Waals surface area contributed by atoms with E-state index in [0.29, 0.717) is 16.1 Å². The predicted octanol–water partition coefficient (Wildman–Crippen LogP) is 6.32. The maximum atomic E-state index is 12.6. The Balaban J connectivity index is 1.57. The van der Waals surface area contributed by atoms with Crippen molar-refractivity contribution in [2.75, 3.05) is 5.32 Å². The highest BCUT2D eigenvalue weighted by atomic mass is 35.5. The average Bonchev–Trinajstić information content (AvgIpc) is 3.14. The van der Waals surface area contributed by atoms with Gasteiger partial charge in [0.1, 0.15) is 5.75 Å². The fourth-order valence-corrected chi connectivity index (χ4v) is 4.55. The monoisotopic (exact) mass is 461 g/mol. The number of rotatable bonds is 8. The summed E-state index contributed by atoms with van der Waals surface area (Å²) < 4.78 is 6.76. The van der Waals surface area contributed by atoms with E-state index in [2.05, 4.69) is 41.5 Å². The zero-order valence-electron chi connectivity index (χ0n) is 17.3. The van der Waals surface area contributed by atoms with E-state index in [1.54, 1.807) is 18.7 Å². The van der Waals surface area contributed by atoms with Crippen molar-refractivity contribution in [2.24, 2.45) is 0 Å². The molecule has 0 bridgehead atoms. The quantitative estimate of drug-likeness (QED) is 0.314. The number of hydrogen-bond acceptors (Lipinski definition) is 6. The molecule has 1 atom stereocenters. The zero-order chi connectivity index (χ0) is 21.7. The van der Waals surface area contributed by atoms with Gasteiger partial charge in [0, 0.05) is 10.8 Å². The normalized spacial score (nSPS) is 12.1. The van der Waals surface area contributed by atoms with Crippen molar-refractivity contribution in [2.45, 2.75) is 49.8 Å². The molecule has 0 radical (unpaired) electrons. The topological polar surface area (TPSA) is 64.1 Å². The molecule has 2 aromatic carbocycles. The first kappa shape index (κ1) is 22.6. The molecule has 1 unspecified atom stereocenters. The van der Waals surface area contributed by atoms with Gasteiger partial charge in [-0.15, -0.1) is 10.2 Å². The highest BCUT2D eigenvalue weighted by Crippen LogP contribution is 2.30. The number of thioether (sulfide) groups is 1. The number of nitrogens with one attached hydrogen (secondary N) is 1. The Morgan fingerprint density at radius 3 is 2.60 bits per heavy atom. The van der Waals surface area contributed by atoms with Crippen LogP contribution in [-0.4, -0.2) is 22.2 Å². The standard InChI is InChI=1S/C22H24ClN3O2S2/c1-13(2)18-10-5-14(3)11-19(18)28-15(4)20(27)24-21-25-26-22(30-21)29-12-16-6-8-17(23)9-7-16/h5-11,13,15H,12H2,1-4H3,(H,24,25,27). The van der Waals surface area contributed by atoms with E-state index in [1.165, 1.54) is 11.3 Å². The summed E-state index contributed by atoms with van der Waals surface area (Å²) in [5.41, 5.74) is 3.32. The Hall–Kier alpha value is -2.09. The van der Waals surface area contributed by atoms with Gasteiger partial charge >= 0.3 is 0 Å². The molecule has 0 saturated heterocycles. The number of aromatic nitrogens is 2. The second-order valence-corrected chi connectivity index (χ2v) is 9.87. The molecule has 0 saturated carbocycles. The summed E-state index contributed by atoms with van der Waals surface area (Å²) in [6.45, 7) is 7.95. The van der Waals surface area contributed by atoms with Gasteiger partial charge in [-0.25, -0.2) is 0 Å². The van der Waals surface area contributed by atoms with Gasteiger partial charge in [0.15, 0.2) is 10.4 Å². The van der Waals surface area contributed by atoms with Gasteiger partial charge in [-0.05, 0) is 54.7 Å². The van der Waals surface area contributed by atoms with E-state index in [-0.39, 0.29) is 5.91 Å². The molecule has 0 fully saturated rings. The van der Waals surface area contributed by atoms with Crippen molar-refractivity contribution in [1.82, 2.24) is 10.2 Å². The number of ether oxygens (including phenoxy) is 1. The van der Waals surface area contributed by atoms with E-state index in [0.717, 1.165) is 32.5 Å². The van der Waals surface area contributed by atoms with Gasteiger partial charge in [0.05, 0.1) is 0 Å². The van der Waals surface area contributed by atoms with Crippen molar-refractivity contribution < 1.29 is 9.53 Å². The van der Waals surface area contributed by atoms with Crippen molar-refractivity contribution in [1.29, 1.82) is 0 Å². The first-order valence-electron chi connectivity index (χ1n) is 9.60.